The highest BCUT2D eigenvalue weighted by molar-refractivity contribution is 9.10. The Balaban J connectivity index is 1.64. The number of thiophene rings is 1. The molecule has 5 nitrogen and oxygen atoms in total. The van der Waals surface area contributed by atoms with Gasteiger partial charge in [-0.25, -0.2) is 12.7 Å². The Morgan fingerprint density at radius 3 is 2.41 bits per heavy atom. The second-order valence-corrected chi connectivity index (χ2v) is 10.9. The summed E-state index contributed by atoms with van der Waals surface area (Å²) < 4.78 is 26.6. The summed E-state index contributed by atoms with van der Waals surface area (Å²) in [5.41, 5.74) is 1.09. The molecule has 0 saturated carbocycles. The van der Waals surface area contributed by atoms with E-state index < -0.39 is 10.0 Å². The number of piperidine rings is 1. The van der Waals surface area contributed by atoms with E-state index in [4.69, 9.17) is 0 Å². The highest BCUT2D eigenvalue weighted by Crippen LogP contribution is 2.30. The first kappa shape index (κ1) is 20.5. The van der Waals surface area contributed by atoms with Gasteiger partial charge in [-0.3, -0.25) is 4.79 Å². The summed E-state index contributed by atoms with van der Waals surface area (Å²) in [5.74, 6) is 0.138. The standard InChI is InChI=1S/C19H23BrN2O3S2/c1-3-27(24,25)21(2)16-10-12-22(13-11-16)19(23)18-9-8-17(26-18)14-4-6-15(20)7-5-14/h4-9,16H,3,10-13H2,1-2H3. The lowest BCUT2D eigenvalue weighted by Crippen LogP contribution is -2.47. The molecule has 27 heavy (non-hydrogen) atoms. The van der Waals surface area contributed by atoms with Crippen LogP contribution in [0.5, 0.6) is 0 Å². The molecule has 3 rings (SSSR count). The lowest BCUT2D eigenvalue weighted by molar-refractivity contribution is 0.0691. The maximum Gasteiger partial charge on any atom is 0.263 e. The van der Waals surface area contributed by atoms with Crippen LogP contribution in [0.25, 0.3) is 10.4 Å². The molecular formula is C19H23BrN2O3S2. The molecule has 0 atom stereocenters. The summed E-state index contributed by atoms with van der Waals surface area (Å²) in [4.78, 5) is 16.4. The zero-order chi connectivity index (χ0) is 19.6. The number of benzene rings is 1. The molecule has 0 radical (unpaired) electrons. The Labute approximate surface area is 173 Å². The summed E-state index contributed by atoms with van der Waals surface area (Å²) in [6.07, 6.45) is 1.35. The first-order valence-corrected chi connectivity index (χ1v) is 12.1. The van der Waals surface area contributed by atoms with E-state index in [1.54, 1.807) is 14.0 Å². The van der Waals surface area contributed by atoms with Gasteiger partial charge in [0.25, 0.3) is 5.91 Å². The van der Waals surface area contributed by atoms with Crippen molar-refractivity contribution in [2.24, 2.45) is 0 Å². The Hall–Kier alpha value is -1.22. The van der Waals surface area contributed by atoms with E-state index in [2.05, 4.69) is 15.9 Å². The van der Waals surface area contributed by atoms with Gasteiger partial charge in [0.15, 0.2) is 0 Å². The van der Waals surface area contributed by atoms with Crippen LogP contribution in [0.2, 0.25) is 0 Å². The van der Waals surface area contributed by atoms with E-state index in [0.29, 0.717) is 25.9 Å². The van der Waals surface area contributed by atoms with Crippen molar-refractivity contribution in [3.63, 3.8) is 0 Å². The largest absolute Gasteiger partial charge is 0.338 e. The molecular weight excluding hydrogens is 448 g/mol. The average Bonchev–Trinajstić information content (AvgIpc) is 3.17. The quantitative estimate of drug-likeness (QED) is 0.661. The fraction of sp³-hybridized carbons (Fsp3) is 0.421. The Kier molecular flexibility index (Phi) is 6.40. The number of nitrogens with zero attached hydrogens (tertiary/aromatic N) is 2. The van der Waals surface area contributed by atoms with Crippen LogP contribution in [-0.2, 0) is 10.0 Å². The molecule has 2 heterocycles. The number of carbonyl (C=O) groups is 1. The van der Waals surface area contributed by atoms with E-state index in [9.17, 15) is 13.2 Å². The summed E-state index contributed by atoms with van der Waals surface area (Å²) in [7, 11) is -1.55. The third-order valence-electron chi connectivity index (χ3n) is 5.02. The molecule has 0 N–H and O–H groups in total. The molecule has 0 bridgehead atoms. The van der Waals surface area contributed by atoms with Crippen molar-refractivity contribution in [3.8, 4) is 10.4 Å². The third kappa shape index (κ3) is 4.62. The van der Waals surface area contributed by atoms with Gasteiger partial charge in [-0.15, -0.1) is 11.3 Å². The minimum absolute atomic E-state index is 0.0272. The summed E-state index contributed by atoms with van der Waals surface area (Å²) in [5, 5.41) is 0. The van der Waals surface area contributed by atoms with Crippen molar-refractivity contribution >= 4 is 43.2 Å². The number of likely N-dealkylation sites (tertiary alicyclic amines) is 1. The van der Waals surface area contributed by atoms with Crippen molar-refractivity contribution in [2.75, 3.05) is 25.9 Å². The topological polar surface area (TPSA) is 57.7 Å². The smallest absolute Gasteiger partial charge is 0.263 e. The van der Waals surface area contributed by atoms with E-state index >= 15 is 0 Å². The second-order valence-electron chi connectivity index (χ2n) is 6.61. The first-order valence-electron chi connectivity index (χ1n) is 8.92. The Bertz CT molecular complexity index is 901. The van der Waals surface area contributed by atoms with Crippen LogP contribution in [0.3, 0.4) is 0 Å². The maximum absolute atomic E-state index is 12.8. The summed E-state index contributed by atoms with van der Waals surface area (Å²) in [6, 6.07) is 11.9. The Morgan fingerprint density at radius 2 is 1.81 bits per heavy atom. The summed E-state index contributed by atoms with van der Waals surface area (Å²) >= 11 is 4.93. The van der Waals surface area contributed by atoms with Gasteiger partial charge >= 0.3 is 0 Å². The molecule has 1 aromatic heterocycles. The van der Waals surface area contributed by atoms with E-state index in [0.717, 1.165) is 19.8 Å². The predicted molar refractivity (Wildman–Crippen MR) is 114 cm³/mol. The van der Waals surface area contributed by atoms with Crippen LogP contribution in [0.4, 0.5) is 0 Å². The van der Waals surface area contributed by atoms with Crippen molar-refractivity contribution in [1.29, 1.82) is 0 Å². The van der Waals surface area contributed by atoms with Gasteiger partial charge in [-0.1, -0.05) is 28.1 Å². The van der Waals surface area contributed by atoms with Gasteiger partial charge in [0, 0.05) is 35.5 Å². The fourth-order valence-corrected chi connectivity index (χ4v) is 5.56. The van der Waals surface area contributed by atoms with Gasteiger partial charge in [-0.05, 0) is 49.6 Å². The third-order valence-corrected chi connectivity index (χ3v) is 8.57. The van der Waals surface area contributed by atoms with Crippen molar-refractivity contribution in [1.82, 2.24) is 9.21 Å². The van der Waals surface area contributed by atoms with Crippen molar-refractivity contribution in [3.05, 3.63) is 45.7 Å². The van der Waals surface area contributed by atoms with Crippen LogP contribution in [-0.4, -0.2) is 55.5 Å². The lowest BCUT2D eigenvalue weighted by atomic mass is 10.1. The van der Waals surface area contributed by atoms with Crippen LogP contribution in [0, 0.1) is 0 Å². The molecule has 1 aromatic carbocycles. The number of amides is 1. The number of rotatable bonds is 5. The number of hydrogen-bond donors (Lipinski definition) is 0. The Morgan fingerprint density at radius 1 is 1.19 bits per heavy atom. The van der Waals surface area contributed by atoms with Gasteiger partial charge in [0.1, 0.15) is 0 Å². The van der Waals surface area contributed by atoms with Crippen LogP contribution in [0.1, 0.15) is 29.4 Å². The molecule has 1 aliphatic rings. The minimum atomic E-state index is -3.19. The van der Waals surface area contributed by atoms with E-state index in [1.807, 2.05) is 41.3 Å². The van der Waals surface area contributed by atoms with Gasteiger partial charge < -0.3 is 4.90 Å². The highest BCUT2D eigenvalue weighted by atomic mass is 79.9. The number of halogens is 1. The molecule has 1 amide bonds. The molecule has 0 unspecified atom stereocenters. The SMILES string of the molecule is CCS(=O)(=O)N(C)C1CCN(C(=O)c2ccc(-c3ccc(Br)cc3)s2)CC1. The van der Waals surface area contributed by atoms with Crippen molar-refractivity contribution in [2.45, 2.75) is 25.8 Å². The van der Waals surface area contributed by atoms with Gasteiger partial charge in [0.2, 0.25) is 10.0 Å². The van der Waals surface area contributed by atoms with Crippen LogP contribution >= 0.6 is 27.3 Å². The average molecular weight is 471 g/mol. The molecule has 1 saturated heterocycles. The summed E-state index contributed by atoms with van der Waals surface area (Å²) in [6.45, 7) is 2.82. The monoisotopic (exact) mass is 470 g/mol. The van der Waals surface area contributed by atoms with Crippen LogP contribution in [0.15, 0.2) is 40.9 Å². The molecule has 0 aliphatic carbocycles. The second kappa shape index (κ2) is 8.43. The molecule has 2 aromatic rings. The van der Waals surface area contributed by atoms with Gasteiger partial charge in [-0.2, -0.15) is 0 Å². The van der Waals surface area contributed by atoms with Gasteiger partial charge in [0.05, 0.1) is 10.6 Å². The molecule has 1 fully saturated rings. The van der Waals surface area contributed by atoms with E-state index in [1.165, 1.54) is 15.6 Å². The fourth-order valence-electron chi connectivity index (χ4n) is 3.24. The normalized spacial score (nSPS) is 16.1. The zero-order valence-electron chi connectivity index (χ0n) is 15.4. The number of hydrogen-bond acceptors (Lipinski definition) is 4. The molecule has 0 spiro atoms. The maximum atomic E-state index is 12.8. The zero-order valence-corrected chi connectivity index (χ0v) is 18.6. The number of carbonyl (C=O) groups excluding carboxylic acids is 1. The number of sulfonamides is 1. The lowest BCUT2D eigenvalue weighted by Gasteiger charge is -2.35. The molecule has 8 heteroatoms. The molecule has 146 valence electrons. The first-order chi connectivity index (χ1) is 12.8. The van der Waals surface area contributed by atoms with E-state index in [-0.39, 0.29) is 17.7 Å². The highest BCUT2D eigenvalue weighted by Gasteiger charge is 2.30. The minimum Gasteiger partial charge on any atom is -0.338 e. The predicted octanol–water partition coefficient (Wildman–Crippen LogP) is 4.06. The van der Waals surface area contributed by atoms with Crippen LogP contribution < -0.4 is 0 Å². The molecule has 1 aliphatic heterocycles. The van der Waals surface area contributed by atoms with Crippen molar-refractivity contribution < 1.29 is 13.2 Å².